The van der Waals surface area contributed by atoms with E-state index in [1.807, 2.05) is 0 Å². The number of rotatable bonds is 5. The maximum absolute atomic E-state index is 11.2. The van der Waals surface area contributed by atoms with E-state index in [1.165, 1.54) is 6.42 Å². The van der Waals surface area contributed by atoms with E-state index in [0.29, 0.717) is 22.9 Å². The van der Waals surface area contributed by atoms with Crippen molar-refractivity contribution in [2.24, 2.45) is 10.8 Å². The molecule has 1 aliphatic rings. The van der Waals surface area contributed by atoms with E-state index in [1.54, 1.807) is 0 Å². The SMILES string of the molecule is CCC(C)N(CC(=O)O)C1CC(C)(C)CC(C)(C)C1. The van der Waals surface area contributed by atoms with Gasteiger partial charge in [-0.05, 0) is 43.4 Å². The maximum atomic E-state index is 11.2. The molecular formula is C16H31NO2. The molecule has 0 amide bonds. The molecule has 0 aromatic rings. The summed E-state index contributed by atoms with van der Waals surface area (Å²) in [6.45, 7) is 13.7. The van der Waals surface area contributed by atoms with Crippen LogP contribution in [0.25, 0.3) is 0 Å². The molecule has 0 aliphatic heterocycles. The summed E-state index contributed by atoms with van der Waals surface area (Å²) in [5.74, 6) is -0.707. The van der Waals surface area contributed by atoms with Crippen LogP contribution < -0.4 is 0 Å². The summed E-state index contributed by atoms with van der Waals surface area (Å²) in [6.07, 6.45) is 4.44. The molecule has 1 N–H and O–H groups in total. The summed E-state index contributed by atoms with van der Waals surface area (Å²) in [6, 6.07) is 0.732. The van der Waals surface area contributed by atoms with E-state index in [0.717, 1.165) is 19.3 Å². The largest absolute Gasteiger partial charge is 0.480 e. The summed E-state index contributed by atoms with van der Waals surface area (Å²) in [7, 11) is 0. The first-order chi connectivity index (χ1) is 8.56. The van der Waals surface area contributed by atoms with Gasteiger partial charge in [0, 0.05) is 12.1 Å². The highest BCUT2D eigenvalue weighted by atomic mass is 16.4. The third kappa shape index (κ3) is 4.79. The Morgan fingerprint density at radius 1 is 1.26 bits per heavy atom. The molecular weight excluding hydrogens is 238 g/mol. The Balaban J connectivity index is 2.91. The number of carboxylic acids is 1. The van der Waals surface area contributed by atoms with Crippen molar-refractivity contribution in [2.45, 2.75) is 79.3 Å². The lowest BCUT2D eigenvalue weighted by Crippen LogP contribution is -2.51. The summed E-state index contributed by atoms with van der Waals surface area (Å²) in [5.41, 5.74) is 0.604. The van der Waals surface area contributed by atoms with Gasteiger partial charge < -0.3 is 5.11 Å². The third-order valence-corrected chi connectivity index (χ3v) is 4.48. The fourth-order valence-electron chi connectivity index (χ4n) is 4.06. The number of nitrogens with zero attached hydrogens (tertiary/aromatic N) is 1. The monoisotopic (exact) mass is 269 g/mol. The molecule has 1 unspecified atom stereocenters. The number of hydrogen-bond acceptors (Lipinski definition) is 2. The summed E-state index contributed by atoms with van der Waals surface area (Å²) >= 11 is 0. The van der Waals surface area contributed by atoms with Crippen molar-refractivity contribution in [1.29, 1.82) is 0 Å². The lowest BCUT2D eigenvalue weighted by molar-refractivity contribution is -0.140. The smallest absolute Gasteiger partial charge is 0.317 e. The van der Waals surface area contributed by atoms with Gasteiger partial charge >= 0.3 is 5.97 Å². The van der Waals surface area contributed by atoms with Crippen LogP contribution in [0.3, 0.4) is 0 Å². The van der Waals surface area contributed by atoms with Crippen molar-refractivity contribution in [3.8, 4) is 0 Å². The van der Waals surface area contributed by atoms with Crippen LogP contribution in [-0.2, 0) is 4.79 Å². The van der Waals surface area contributed by atoms with E-state index in [2.05, 4.69) is 46.4 Å². The molecule has 0 spiro atoms. The lowest BCUT2D eigenvalue weighted by atomic mass is 9.63. The van der Waals surface area contributed by atoms with Gasteiger partial charge in [0.25, 0.3) is 0 Å². The lowest BCUT2D eigenvalue weighted by Gasteiger charge is -2.49. The zero-order chi connectivity index (χ0) is 14.8. The molecule has 112 valence electrons. The minimum atomic E-state index is -0.707. The molecule has 1 rings (SSSR count). The van der Waals surface area contributed by atoms with Gasteiger partial charge in [-0.2, -0.15) is 0 Å². The normalized spacial score (nSPS) is 24.4. The molecule has 1 fully saturated rings. The Bertz CT molecular complexity index is 307. The van der Waals surface area contributed by atoms with Crippen LogP contribution in [0, 0.1) is 10.8 Å². The zero-order valence-electron chi connectivity index (χ0n) is 13.5. The highest BCUT2D eigenvalue weighted by Crippen LogP contribution is 2.47. The topological polar surface area (TPSA) is 40.5 Å². The molecule has 0 radical (unpaired) electrons. The fourth-order valence-corrected chi connectivity index (χ4v) is 4.06. The molecule has 0 aromatic carbocycles. The van der Waals surface area contributed by atoms with Gasteiger partial charge in [-0.3, -0.25) is 9.69 Å². The van der Waals surface area contributed by atoms with Crippen molar-refractivity contribution < 1.29 is 9.90 Å². The molecule has 3 nitrogen and oxygen atoms in total. The van der Waals surface area contributed by atoms with Gasteiger partial charge in [0.1, 0.15) is 0 Å². The van der Waals surface area contributed by atoms with Gasteiger partial charge in [0.2, 0.25) is 0 Å². The Morgan fingerprint density at radius 2 is 1.74 bits per heavy atom. The molecule has 0 aromatic heterocycles. The first-order valence-corrected chi connectivity index (χ1v) is 7.54. The van der Waals surface area contributed by atoms with Crippen LogP contribution in [0.4, 0.5) is 0 Å². The highest BCUT2D eigenvalue weighted by Gasteiger charge is 2.41. The Hall–Kier alpha value is -0.570. The fraction of sp³-hybridized carbons (Fsp3) is 0.938. The molecule has 0 heterocycles. The molecule has 0 saturated heterocycles. The second kappa shape index (κ2) is 5.82. The van der Waals surface area contributed by atoms with E-state index in [4.69, 9.17) is 0 Å². The molecule has 19 heavy (non-hydrogen) atoms. The predicted octanol–water partition coefficient (Wildman–Crippen LogP) is 3.78. The van der Waals surface area contributed by atoms with Gasteiger partial charge in [-0.15, -0.1) is 0 Å². The van der Waals surface area contributed by atoms with Crippen LogP contribution >= 0.6 is 0 Å². The van der Waals surface area contributed by atoms with Crippen molar-refractivity contribution >= 4 is 5.97 Å². The van der Waals surface area contributed by atoms with E-state index in [-0.39, 0.29) is 6.54 Å². The van der Waals surface area contributed by atoms with E-state index in [9.17, 15) is 9.90 Å². The van der Waals surface area contributed by atoms with Crippen molar-refractivity contribution in [3.63, 3.8) is 0 Å². The summed E-state index contributed by atoms with van der Waals surface area (Å²) in [4.78, 5) is 13.4. The number of hydrogen-bond donors (Lipinski definition) is 1. The van der Waals surface area contributed by atoms with E-state index < -0.39 is 5.97 Å². The van der Waals surface area contributed by atoms with Crippen molar-refractivity contribution in [1.82, 2.24) is 4.90 Å². The first kappa shape index (κ1) is 16.5. The first-order valence-electron chi connectivity index (χ1n) is 7.54. The predicted molar refractivity (Wildman–Crippen MR) is 79.3 cm³/mol. The number of carbonyl (C=O) groups is 1. The van der Waals surface area contributed by atoms with Crippen LogP contribution in [0.5, 0.6) is 0 Å². The van der Waals surface area contributed by atoms with Crippen molar-refractivity contribution in [2.75, 3.05) is 6.54 Å². The zero-order valence-corrected chi connectivity index (χ0v) is 13.5. The Kier molecular flexibility index (Phi) is 5.05. The number of carboxylic acid groups (broad SMARTS) is 1. The van der Waals surface area contributed by atoms with E-state index >= 15 is 0 Å². The molecule has 3 heteroatoms. The van der Waals surface area contributed by atoms with Gasteiger partial charge in [-0.25, -0.2) is 0 Å². The van der Waals surface area contributed by atoms with Gasteiger partial charge in [-0.1, -0.05) is 34.6 Å². The minimum Gasteiger partial charge on any atom is -0.480 e. The van der Waals surface area contributed by atoms with Crippen molar-refractivity contribution in [3.05, 3.63) is 0 Å². The Morgan fingerprint density at radius 3 is 2.11 bits per heavy atom. The average molecular weight is 269 g/mol. The number of aliphatic carboxylic acids is 1. The average Bonchev–Trinajstić information content (AvgIpc) is 2.20. The second-order valence-corrected chi connectivity index (χ2v) is 7.89. The maximum Gasteiger partial charge on any atom is 0.317 e. The molecule has 0 bridgehead atoms. The third-order valence-electron chi connectivity index (χ3n) is 4.48. The van der Waals surface area contributed by atoms with Gasteiger partial charge in [0.15, 0.2) is 0 Å². The van der Waals surface area contributed by atoms with Gasteiger partial charge in [0.05, 0.1) is 6.54 Å². The molecule has 1 saturated carbocycles. The highest BCUT2D eigenvalue weighted by molar-refractivity contribution is 5.69. The minimum absolute atomic E-state index is 0.172. The Labute approximate surface area is 118 Å². The summed E-state index contributed by atoms with van der Waals surface area (Å²) in [5, 5.41) is 9.18. The standard InChI is InChI=1S/C16H31NO2/c1-7-12(2)17(10-14(18)19)13-8-15(3,4)11-16(5,6)9-13/h12-13H,7-11H2,1-6H3,(H,18,19). The molecule has 1 aliphatic carbocycles. The van der Waals surface area contributed by atoms with Crippen LogP contribution in [0.15, 0.2) is 0 Å². The molecule has 1 atom stereocenters. The van der Waals surface area contributed by atoms with Crippen LogP contribution in [-0.4, -0.2) is 34.6 Å². The van der Waals surface area contributed by atoms with Crippen LogP contribution in [0.1, 0.15) is 67.2 Å². The quantitative estimate of drug-likeness (QED) is 0.825. The van der Waals surface area contributed by atoms with Crippen LogP contribution in [0.2, 0.25) is 0 Å². The second-order valence-electron chi connectivity index (χ2n) is 7.89. The summed E-state index contributed by atoms with van der Waals surface area (Å²) < 4.78 is 0.